The molecule has 0 atom stereocenters. The van der Waals surface area contributed by atoms with Crippen LogP contribution in [0.5, 0.6) is 0 Å². The molecule has 2 saturated carbocycles. The van der Waals surface area contributed by atoms with Crippen LogP contribution < -0.4 is 5.32 Å². The first-order valence-corrected chi connectivity index (χ1v) is 5.89. The van der Waals surface area contributed by atoms with E-state index in [1.165, 1.54) is 25.7 Å². The molecule has 0 amide bonds. The quantitative estimate of drug-likeness (QED) is 0.816. The van der Waals surface area contributed by atoms with Crippen molar-refractivity contribution in [2.75, 3.05) is 5.32 Å². The Kier molecular flexibility index (Phi) is 2.11. The maximum Gasteiger partial charge on any atom is 0.223 e. The Labute approximate surface area is 90.3 Å². The molecule has 3 heteroatoms. The lowest BCUT2D eigenvalue weighted by Gasteiger charge is -2.17. The highest BCUT2D eigenvalue weighted by Crippen LogP contribution is 2.45. The van der Waals surface area contributed by atoms with Gasteiger partial charge in [0, 0.05) is 17.9 Å². The van der Waals surface area contributed by atoms with Gasteiger partial charge in [-0.25, -0.2) is 9.97 Å². The lowest BCUT2D eigenvalue weighted by atomic mass is 10.1. The second-order valence-electron chi connectivity index (χ2n) is 4.87. The molecule has 0 spiro atoms. The zero-order valence-electron chi connectivity index (χ0n) is 9.11. The van der Waals surface area contributed by atoms with Crippen molar-refractivity contribution in [1.29, 1.82) is 0 Å². The molecule has 1 N–H and O–H groups in total. The van der Waals surface area contributed by atoms with Crippen LogP contribution in [-0.4, -0.2) is 16.0 Å². The van der Waals surface area contributed by atoms with Gasteiger partial charge in [-0.05, 0) is 50.5 Å². The third kappa shape index (κ3) is 2.11. The van der Waals surface area contributed by atoms with Gasteiger partial charge in [0.05, 0.1) is 0 Å². The third-order valence-electron chi connectivity index (χ3n) is 3.35. The van der Waals surface area contributed by atoms with Crippen molar-refractivity contribution < 1.29 is 0 Å². The van der Waals surface area contributed by atoms with Gasteiger partial charge >= 0.3 is 0 Å². The van der Waals surface area contributed by atoms with E-state index < -0.39 is 0 Å². The van der Waals surface area contributed by atoms with Crippen LogP contribution in [0.4, 0.5) is 5.95 Å². The number of nitrogens with one attached hydrogen (secondary N) is 1. The molecule has 0 bridgehead atoms. The molecule has 0 unspecified atom stereocenters. The summed E-state index contributed by atoms with van der Waals surface area (Å²) in [6.45, 7) is 2.01. The smallest absolute Gasteiger partial charge is 0.223 e. The van der Waals surface area contributed by atoms with E-state index in [0.29, 0.717) is 6.04 Å². The topological polar surface area (TPSA) is 37.8 Å². The lowest BCUT2D eigenvalue weighted by Crippen LogP contribution is -2.25. The lowest BCUT2D eigenvalue weighted by molar-refractivity contribution is 0.563. The van der Waals surface area contributed by atoms with Crippen molar-refractivity contribution in [2.45, 2.75) is 38.6 Å². The second-order valence-corrected chi connectivity index (χ2v) is 4.87. The van der Waals surface area contributed by atoms with Gasteiger partial charge in [0.15, 0.2) is 0 Å². The number of aromatic nitrogens is 2. The predicted octanol–water partition coefficient (Wildman–Crippen LogP) is 2.39. The molecule has 2 aliphatic carbocycles. The molecule has 3 nitrogen and oxygen atoms in total. The summed E-state index contributed by atoms with van der Waals surface area (Å²) in [6.07, 6.45) is 7.39. The average Bonchev–Trinajstić information content (AvgIpc) is 3.07. The van der Waals surface area contributed by atoms with Crippen LogP contribution in [0.3, 0.4) is 0 Å². The minimum atomic E-state index is 0.645. The predicted molar refractivity (Wildman–Crippen MR) is 59.6 cm³/mol. The number of aryl methyl sites for hydroxylation is 1. The maximum atomic E-state index is 4.41. The van der Waals surface area contributed by atoms with E-state index in [1.54, 1.807) is 0 Å². The van der Waals surface area contributed by atoms with Crippen molar-refractivity contribution in [3.05, 3.63) is 18.0 Å². The standard InChI is InChI=1S/C12H17N3/c1-8-6-7-13-12(14-8)15-11(9-2-3-9)10-4-5-10/h6-7,9-11H,2-5H2,1H3,(H,13,14,15). The highest BCUT2D eigenvalue weighted by atomic mass is 15.1. The SMILES string of the molecule is Cc1ccnc(NC(C2CC2)C2CC2)n1. The summed E-state index contributed by atoms with van der Waals surface area (Å²) in [4.78, 5) is 8.69. The zero-order valence-corrected chi connectivity index (χ0v) is 9.11. The van der Waals surface area contributed by atoms with Gasteiger partial charge in [-0.3, -0.25) is 0 Å². The minimum absolute atomic E-state index is 0.645. The largest absolute Gasteiger partial charge is 0.351 e. The van der Waals surface area contributed by atoms with E-state index in [0.717, 1.165) is 23.5 Å². The van der Waals surface area contributed by atoms with Crippen molar-refractivity contribution in [3.8, 4) is 0 Å². The number of hydrogen-bond acceptors (Lipinski definition) is 3. The molecule has 1 aromatic heterocycles. The number of hydrogen-bond donors (Lipinski definition) is 1. The molecule has 1 heterocycles. The van der Waals surface area contributed by atoms with Crippen molar-refractivity contribution in [2.24, 2.45) is 11.8 Å². The van der Waals surface area contributed by atoms with Crippen LogP contribution in [0.15, 0.2) is 12.3 Å². The van der Waals surface area contributed by atoms with Crippen LogP contribution >= 0.6 is 0 Å². The summed E-state index contributed by atoms with van der Waals surface area (Å²) in [5.41, 5.74) is 1.04. The summed E-state index contributed by atoms with van der Waals surface area (Å²) < 4.78 is 0. The first kappa shape index (κ1) is 9.13. The Hall–Kier alpha value is -1.12. The summed E-state index contributed by atoms with van der Waals surface area (Å²) in [7, 11) is 0. The monoisotopic (exact) mass is 203 g/mol. The van der Waals surface area contributed by atoms with Crippen LogP contribution in [0, 0.1) is 18.8 Å². The van der Waals surface area contributed by atoms with E-state index in [4.69, 9.17) is 0 Å². The maximum absolute atomic E-state index is 4.41. The average molecular weight is 203 g/mol. The van der Waals surface area contributed by atoms with Gasteiger partial charge in [-0.2, -0.15) is 0 Å². The Bertz CT molecular complexity index is 344. The fraction of sp³-hybridized carbons (Fsp3) is 0.667. The molecule has 2 aliphatic rings. The molecule has 0 saturated heterocycles. The summed E-state index contributed by atoms with van der Waals surface area (Å²) in [5, 5.41) is 3.52. The van der Waals surface area contributed by atoms with E-state index in [1.807, 2.05) is 19.2 Å². The van der Waals surface area contributed by atoms with Gasteiger partial charge in [-0.1, -0.05) is 0 Å². The highest BCUT2D eigenvalue weighted by molar-refractivity contribution is 5.28. The third-order valence-corrected chi connectivity index (χ3v) is 3.35. The Morgan fingerprint density at radius 3 is 2.47 bits per heavy atom. The summed E-state index contributed by atoms with van der Waals surface area (Å²) in [6, 6.07) is 2.58. The van der Waals surface area contributed by atoms with E-state index >= 15 is 0 Å². The molecule has 80 valence electrons. The van der Waals surface area contributed by atoms with Crippen LogP contribution in [0.2, 0.25) is 0 Å². The van der Waals surface area contributed by atoms with Crippen molar-refractivity contribution >= 4 is 5.95 Å². The van der Waals surface area contributed by atoms with Crippen molar-refractivity contribution in [1.82, 2.24) is 9.97 Å². The minimum Gasteiger partial charge on any atom is -0.351 e. The van der Waals surface area contributed by atoms with Gasteiger partial charge < -0.3 is 5.32 Å². The highest BCUT2D eigenvalue weighted by Gasteiger charge is 2.41. The molecular formula is C12H17N3. The number of rotatable bonds is 4. The van der Waals surface area contributed by atoms with Gasteiger partial charge in [0.1, 0.15) is 0 Å². The summed E-state index contributed by atoms with van der Waals surface area (Å²) >= 11 is 0. The molecular weight excluding hydrogens is 186 g/mol. The Balaban J connectivity index is 1.71. The normalized spacial score (nSPS) is 20.7. The first-order chi connectivity index (χ1) is 7.33. The van der Waals surface area contributed by atoms with Crippen LogP contribution in [0.25, 0.3) is 0 Å². The van der Waals surface area contributed by atoms with Gasteiger partial charge in [-0.15, -0.1) is 0 Å². The van der Waals surface area contributed by atoms with Gasteiger partial charge in [0.25, 0.3) is 0 Å². The Morgan fingerprint density at radius 1 is 1.27 bits per heavy atom. The van der Waals surface area contributed by atoms with E-state index in [9.17, 15) is 0 Å². The van der Waals surface area contributed by atoms with Crippen LogP contribution in [-0.2, 0) is 0 Å². The number of anilines is 1. The molecule has 1 aromatic rings. The molecule has 15 heavy (non-hydrogen) atoms. The molecule has 3 rings (SSSR count). The molecule has 0 radical (unpaired) electrons. The summed E-state index contributed by atoms with van der Waals surface area (Å²) in [5.74, 6) is 2.60. The first-order valence-electron chi connectivity index (χ1n) is 5.89. The van der Waals surface area contributed by atoms with E-state index in [-0.39, 0.29) is 0 Å². The Morgan fingerprint density at radius 2 is 1.93 bits per heavy atom. The number of nitrogens with zero attached hydrogens (tertiary/aromatic N) is 2. The molecule has 2 fully saturated rings. The fourth-order valence-corrected chi connectivity index (χ4v) is 2.20. The van der Waals surface area contributed by atoms with Crippen LogP contribution in [0.1, 0.15) is 31.4 Å². The zero-order chi connectivity index (χ0) is 10.3. The molecule has 0 aromatic carbocycles. The fourth-order valence-electron chi connectivity index (χ4n) is 2.20. The van der Waals surface area contributed by atoms with E-state index in [2.05, 4.69) is 15.3 Å². The van der Waals surface area contributed by atoms with Crippen molar-refractivity contribution in [3.63, 3.8) is 0 Å². The molecule has 0 aliphatic heterocycles. The second kappa shape index (κ2) is 3.47. The van der Waals surface area contributed by atoms with Gasteiger partial charge in [0.2, 0.25) is 5.95 Å².